The molecule has 21 heavy (non-hydrogen) atoms. The molecule has 0 N–H and O–H groups in total. The number of piperidine rings is 1. The summed E-state index contributed by atoms with van der Waals surface area (Å²) in [5.41, 5.74) is 1.41. The molecule has 4 heteroatoms. The molecule has 3 rings (SSSR count). The molecule has 0 aliphatic carbocycles. The Hall–Kier alpha value is -0.420. The van der Waals surface area contributed by atoms with Crippen molar-refractivity contribution in [2.45, 2.75) is 38.5 Å². The molecule has 1 aromatic rings. The van der Waals surface area contributed by atoms with E-state index in [2.05, 4.69) is 56.9 Å². The molecule has 3 nitrogen and oxygen atoms in total. The minimum absolute atomic E-state index is 0.401. The molecular weight excluding hydrogens is 328 g/mol. The SMILES string of the molecule is CC1CN(C2CCN(Cc3cccc(Br)c3)CC2)CCO1. The fourth-order valence-corrected chi connectivity index (χ4v) is 3.96. The van der Waals surface area contributed by atoms with Gasteiger partial charge in [-0.2, -0.15) is 0 Å². The zero-order valence-corrected chi connectivity index (χ0v) is 14.4. The minimum atomic E-state index is 0.401. The van der Waals surface area contributed by atoms with E-state index in [1.54, 1.807) is 0 Å². The third kappa shape index (κ3) is 4.28. The van der Waals surface area contributed by atoms with Gasteiger partial charge < -0.3 is 4.74 Å². The van der Waals surface area contributed by atoms with Crippen molar-refractivity contribution in [3.63, 3.8) is 0 Å². The van der Waals surface area contributed by atoms with Crippen LogP contribution in [0.1, 0.15) is 25.3 Å². The van der Waals surface area contributed by atoms with Gasteiger partial charge >= 0.3 is 0 Å². The number of morpholine rings is 1. The number of halogens is 1. The lowest BCUT2D eigenvalue weighted by Crippen LogP contribution is -2.50. The number of nitrogens with zero attached hydrogens (tertiary/aromatic N) is 2. The molecule has 0 aromatic heterocycles. The fraction of sp³-hybridized carbons (Fsp3) is 0.647. The highest BCUT2D eigenvalue weighted by Gasteiger charge is 2.27. The quantitative estimate of drug-likeness (QED) is 0.830. The van der Waals surface area contributed by atoms with E-state index < -0.39 is 0 Å². The molecule has 0 radical (unpaired) electrons. The number of likely N-dealkylation sites (tertiary alicyclic amines) is 1. The molecule has 0 amide bonds. The second-order valence-electron chi connectivity index (χ2n) is 6.31. The van der Waals surface area contributed by atoms with Gasteiger partial charge in [-0.1, -0.05) is 28.1 Å². The van der Waals surface area contributed by atoms with Gasteiger partial charge in [0.15, 0.2) is 0 Å². The Bertz CT molecular complexity index is 460. The highest BCUT2D eigenvalue weighted by molar-refractivity contribution is 9.10. The monoisotopic (exact) mass is 352 g/mol. The normalized spacial score (nSPS) is 26.1. The molecule has 2 saturated heterocycles. The van der Waals surface area contributed by atoms with Crippen LogP contribution < -0.4 is 0 Å². The molecule has 116 valence electrons. The van der Waals surface area contributed by atoms with Gasteiger partial charge in [0.25, 0.3) is 0 Å². The van der Waals surface area contributed by atoms with Gasteiger partial charge in [0, 0.05) is 30.1 Å². The molecule has 2 aliphatic rings. The van der Waals surface area contributed by atoms with Crippen LogP contribution in [0.4, 0.5) is 0 Å². The lowest BCUT2D eigenvalue weighted by atomic mass is 10.0. The second kappa shape index (κ2) is 7.23. The van der Waals surface area contributed by atoms with Crippen LogP contribution in [0.25, 0.3) is 0 Å². The third-order valence-electron chi connectivity index (χ3n) is 4.64. The number of benzene rings is 1. The molecule has 1 aromatic carbocycles. The summed E-state index contributed by atoms with van der Waals surface area (Å²) in [6.45, 7) is 8.81. The summed E-state index contributed by atoms with van der Waals surface area (Å²) >= 11 is 3.56. The van der Waals surface area contributed by atoms with Crippen LogP contribution in [-0.2, 0) is 11.3 Å². The predicted octanol–water partition coefficient (Wildman–Crippen LogP) is 3.13. The summed E-state index contributed by atoms with van der Waals surface area (Å²) in [6, 6.07) is 9.43. The fourth-order valence-electron chi connectivity index (χ4n) is 3.51. The summed E-state index contributed by atoms with van der Waals surface area (Å²) in [6.07, 6.45) is 2.99. The van der Waals surface area contributed by atoms with Crippen molar-refractivity contribution in [3.05, 3.63) is 34.3 Å². The lowest BCUT2D eigenvalue weighted by Gasteiger charge is -2.41. The standard InChI is InChI=1S/C17H25BrN2O/c1-14-12-20(9-10-21-14)17-5-7-19(8-6-17)13-15-3-2-4-16(18)11-15/h2-4,11,14,17H,5-10,12-13H2,1H3. The van der Waals surface area contributed by atoms with Crippen molar-refractivity contribution in [3.8, 4) is 0 Å². The lowest BCUT2D eigenvalue weighted by molar-refractivity contribution is -0.0437. The van der Waals surface area contributed by atoms with Gasteiger partial charge in [0.1, 0.15) is 0 Å². The van der Waals surface area contributed by atoms with E-state index in [1.165, 1.54) is 36.0 Å². The summed E-state index contributed by atoms with van der Waals surface area (Å²) < 4.78 is 6.83. The van der Waals surface area contributed by atoms with Crippen LogP contribution in [0.2, 0.25) is 0 Å². The summed E-state index contributed by atoms with van der Waals surface area (Å²) in [5.74, 6) is 0. The van der Waals surface area contributed by atoms with E-state index in [9.17, 15) is 0 Å². The summed E-state index contributed by atoms with van der Waals surface area (Å²) in [4.78, 5) is 5.23. The number of hydrogen-bond donors (Lipinski definition) is 0. The molecule has 2 heterocycles. The molecule has 0 saturated carbocycles. The van der Waals surface area contributed by atoms with Crippen LogP contribution in [0.5, 0.6) is 0 Å². The molecule has 1 unspecified atom stereocenters. The van der Waals surface area contributed by atoms with Crippen LogP contribution in [0.3, 0.4) is 0 Å². The molecule has 0 spiro atoms. The summed E-state index contributed by atoms with van der Waals surface area (Å²) in [7, 11) is 0. The van der Waals surface area contributed by atoms with Gasteiger partial charge in [-0.3, -0.25) is 9.80 Å². The maximum atomic E-state index is 5.65. The Labute approximate surface area is 136 Å². The van der Waals surface area contributed by atoms with Crippen molar-refractivity contribution in [1.29, 1.82) is 0 Å². The van der Waals surface area contributed by atoms with Gasteiger partial charge in [-0.05, 0) is 50.6 Å². The average molecular weight is 353 g/mol. The first-order valence-electron chi connectivity index (χ1n) is 8.03. The maximum absolute atomic E-state index is 5.65. The van der Waals surface area contributed by atoms with E-state index in [1.807, 2.05) is 0 Å². The smallest absolute Gasteiger partial charge is 0.0674 e. The van der Waals surface area contributed by atoms with Gasteiger partial charge in [0.05, 0.1) is 12.7 Å². The van der Waals surface area contributed by atoms with E-state index in [4.69, 9.17) is 4.74 Å². The second-order valence-corrected chi connectivity index (χ2v) is 7.23. The summed E-state index contributed by atoms with van der Waals surface area (Å²) in [5, 5.41) is 0. The molecule has 2 fully saturated rings. The topological polar surface area (TPSA) is 15.7 Å². The zero-order valence-electron chi connectivity index (χ0n) is 12.8. The van der Waals surface area contributed by atoms with Crippen molar-refractivity contribution in [1.82, 2.24) is 9.80 Å². The highest BCUT2D eigenvalue weighted by Crippen LogP contribution is 2.21. The Balaban J connectivity index is 1.48. The maximum Gasteiger partial charge on any atom is 0.0674 e. The van der Waals surface area contributed by atoms with Crippen LogP contribution in [0.15, 0.2) is 28.7 Å². The predicted molar refractivity (Wildman–Crippen MR) is 89.4 cm³/mol. The molecule has 2 aliphatic heterocycles. The first kappa shape index (κ1) is 15.5. The third-order valence-corrected chi connectivity index (χ3v) is 5.13. The largest absolute Gasteiger partial charge is 0.376 e. The van der Waals surface area contributed by atoms with E-state index >= 15 is 0 Å². The molecular formula is C17H25BrN2O. The van der Waals surface area contributed by atoms with Crippen molar-refractivity contribution < 1.29 is 4.74 Å². The van der Waals surface area contributed by atoms with Crippen LogP contribution >= 0.6 is 15.9 Å². The first-order chi connectivity index (χ1) is 10.2. The van der Waals surface area contributed by atoms with Crippen LogP contribution in [-0.4, -0.2) is 54.7 Å². The Morgan fingerprint density at radius 2 is 2.05 bits per heavy atom. The first-order valence-corrected chi connectivity index (χ1v) is 8.82. The Kier molecular flexibility index (Phi) is 5.33. The van der Waals surface area contributed by atoms with Gasteiger partial charge in [-0.15, -0.1) is 0 Å². The average Bonchev–Trinajstić information content (AvgIpc) is 2.48. The Morgan fingerprint density at radius 3 is 2.76 bits per heavy atom. The number of ether oxygens (including phenoxy) is 1. The van der Waals surface area contributed by atoms with Gasteiger partial charge in [-0.25, -0.2) is 0 Å². The van der Waals surface area contributed by atoms with E-state index in [0.717, 1.165) is 32.3 Å². The van der Waals surface area contributed by atoms with Crippen molar-refractivity contribution in [2.24, 2.45) is 0 Å². The van der Waals surface area contributed by atoms with Crippen LogP contribution in [0, 0.1) is 0 Å². The minimum Gasteiger partial charge on any atom is -0.376 e. The number of hydrogen-bond acceptors (Lipinski definition) is 3. The Morgan fingerprint density at radius 1 is 1.24 bits per heavy atom. The number of rotatable bonds is 3. The van der Waals surface area contributed by atoms with E-state index in [-0.39, 0.29) is 0 Å². The van der Waals surface area contributed by atoms with E-state index in [0.29, 0.717) is 6.10 Å². The van der Waals surface area contributed by atoms with Crippen molar-refractivity contribution >= 4 is 15.9 Å². The van der Waals surface area contributed by atoms with Crippen molar-refractivity contribution in [2.75, 3.05) is 32.8 Å². The zero-order chi connectivity index (χ0) is 14.7. The van der Waals surface area contributed by atoms with Gasteiger partial charge in [0.2, 0.25) is 0 Å². The molecule has 0 bridgehead atoms. The molecule has 1 atom stereocenters. The highest BCUT2D eigenvalue weighted by atomic mass is 79.9.